The second-order valence-corrected chi connectivity index (χ2v) is 4.54. The minimum absolute atomic E-state index is 0.162. The molecule has 2 rings (SSSR count). The van der Waals surface area contributed by atoms with E-state index < -0.39 is 11.8 Å². The summed E-state index contributed by atoms with van der Waals surface area (Å²) >= 11 is 6.11. The molecule has 0 fully saturated rings. The Morgan fingerprint density at radius 2 is 2.05 bits per heavy atom. The Hall–Kier alpha value is -2.14. The highest BCUT2D eigenvalue weighted by molar-refractivity contribution is 6.35. The summed E-state index contributed by atoms with van der Waals surface area (Å²) < 4.78 is 0. The van der Waals surface area contributed by atoms with Crippen LogP contribution in [0.2, 0.25) is 5.02 Å². The van der Waals surface area contributed by atoms with E-state index in [1.54, 1.807) is 6.07 Å². The van der Waals surface area contributed by atoms with Crippen LogP contribution in [0.1, 0.15) is 10.5 Å². The molecule has 5 nitrogen and oxygen atoms in total. The van der Waals surface area contributed by atoms with E-state index in [0.29, 0.717) is 10.5 Å². The van der Waals surface area contributed by atoms with Gasteiger partial charge in [0.2, 0.25) is 5.91 Å². The number of primary amides is 1. The molecule has 0 radical (unpaired) electrons. The summed E-state index contributed by atoms with van der Waals surface area (Å²) in [5.74, 6) is -0.978. The van der Waals surface area contributed by atoms with Crippen molar-refractivity contribution in [2.24, 2.45) is 5.73 Å². The van der Waals surface area contributed by atoms with E-state index in [0.717, 1.165) is 5.39 Å². The largest absolute Gasteiger partial charge is 0.368 e. The van der Waals surface area contributed by atoms with E-state index in [4.69, 9.17) is 17.3 Å². The summed E-state index contributed by atoms with van der Waals surface area (Å²) in [6, 6.07) is 8.74. The van der Waals surface area contributed by atoms with Gasteiger partial charge in [-0.25, -0.2) is 4.98 Å². The Labute approximate surface area is 115 Å². The third kappa shape index (κ3) is 2.82. The number of nitrogens with two attached hydrogens (primary N) is 1. The summed E-state index contributed by atoms with van der Waals surface area (Å²) in [4.78, 5) is 28.3. The molecule has 1 aromatic carbocycles. The number of rotatable bonds is 3. The van der Waals surface area contributed by atoms with Crippen molar-refractivity contribution in [3.8, 4) is 0 Å². The van der Waals surface area contributed by atoms with Gasteiger partial charge >= 0.3 is 0 Å². The standard InChI is InChI=1S/C13H12ClN3O2/c1-17(7-12(15)18)13(19)11-6-9(14)8-4-2-3-5-10(8)16-11/h2-6H,7H2,1H3,(H2,15,18). The first kappa shape index (κ1) is 13.3. The van der Waals surface area contributed by atoms with Crippen molar-refractivity contribution in [3.05, 3.63) is 41.0 Å². The monoisotopic (exact) mass is 277 g/mol. The van der Waals surface area contributed by atoms with Crippen molar-refractivity contribution in [1.29, 1.82) is 0 Å². The molecule has 0 saturated heterocycles. The maximum absolute atomic E-state index is 12.1. The number of carbonyl (C=O) groups is 2. The molecule has 0 aliphatic heterocycles. The number of fused-ring (bicyclic) bond motifs is 1. The third-order valence-electron chi connectivity index (χ3n) is 2.62. The number of para-hydroxylation sites is 1. The molecule has 6 heteroatoms. The first-order chi connectivity index (χ1) is 8.99. The van der Waals surface area contributed by atoms with Gasteiger partial charge in [-0.3, -0.25) is 9.59 Å². The van der Waals surface area contributed by atoms with Crippen LogP contribution in [0.25, 0.3) is 10.9 Å². The van der Waals surface area contributed by atoms with Gasteiger partial charge in [-0.15, -0.1) is 0 Å². The minimum atomic E-state index is -0.581. The molecule has 0 unspecified atom stereocenters. The predicted octanol–water partition coefficient (Wildman–Crippen LogP) is 1.45. The third-order valence-corrected chi connectivity index (χ3v) is 2.94. The predicted molar refractivity (Wildman–Crippen MR) is 72.9 cm³/mol. The summed E-state index contributed by atoms with van der Waals surface area (Å²) in [6.45, 7) is -0.162. The fraction of sp³-hybridized carbons (Fsp3) is 0.154. The lowest BCUT2D eigenvalue weighted by molar-refractivity contribution is -0.118. The van der Waals surface area contributed by atoms with Crippen molar-refractivity contribution in [1.82, 2.24) is 9.88 Å². The molecule has 2 amide bonds. The topological polar surface area (TPSA) is 76.3 Å². The molecular weight excluding hydrogens is 266 g/mol. The van der Waals surface area contributed by atoms with E-state index in [2.05, 4.69) is 4.98 Å². The fourth-order valence-corrected chi connectivity index (χ4v) is 2.01. The highest BCUT2D eigenvalue weighted by Crippen LogP contribution is 2.23. The van der Waals surface area contributed by atoms with E-state index in [1.165, 1.54) is 18.0 Å². The number of pyridine rings is 1. The average Bonchev–Trinajstić information content (AvgIpc) is 2.37. The van der Waals surface area contributed by atoms with Gasteiger partial charge in [-0.1, -0.05) is 29.8 Å². The molecular formula is C13H12ClN3O2. The number of benzene rings is 1. The van der Waals surface area contributed by atoms with E-state index in [1.807, 2.05) is 18.2 Å². The number of aromatic nitrogens is 1. The maximum Gasteiger partial charge on any atom is 0.272 e. The van der Waals surface area contributed by atoms with Crippen LogP contribution in [0.3, 0.4) is 0 Å². The highest BCUT2D eigenvalue weighted by atomic mass is 35.5. The van der Waals surface area contributed by atoms with Gasteiger partial charge < -0.3 is 10.6 Å². The van der Waals surface area contributed by atoms with Gasteiger partial charge in [0.1, 0.15) is 5.69 Å². The van der Waals surface area contributed by atoms with Gasteiger partial charge in [0.25, 0.3) is 5.91 Å². The van der Waals surface area contributed by atoms with Gasteiger partial charge in [0.05, 0.1) is 17.1 Å². The van der Waals surface area contributed by atoms with Crippen LogP contribution in [0, 0.1) is 0 Å². The molecule has 98 valence electrons. The lowest BCUT2D eigenvalue weighted by Gasteiger charge is -2.15. The normalized spacial score (nSPS) is 10.4. The average molecular weight is 278 g/mol. The van der Waals surface area contributed by atoms with Crippen molar-refractivity contribution in [2.45, 2.75) is 0 Å². The number of halogens is 1. The Bertz CT molecular complexity index is 657. The van der Waals surface area contributed by atoms with Crippen LogP contribution in [-0.2, 0) is 4.79 Å². The summed E-state index contributed by atoms with van der Waals surface area (Å²) in [5.41, 5.74) is 5.87. The molecule has 2 N–H and O–H groups in total. The van der Waals surface area contributed by atoms with E-state index >= 15 is 0 Å². The number of nitrogens with zero attached hydrogens (tertiary/aromatic N) is 2. The Morgan fingerprint density at radius 1 is 1.37 bits per heavy atom. The highest BCUT2D eigenvalue weighted by Gasteiger charge is 2.16. The Morgan fingerprint density at radius 3 is 2.74 bits per heavy atom. The zero-order valence-corrected chi connectivity index (χ0v) is 11.0. The first-order valence-corrected chi connectivity index (χ1v) is 5.96. The van der Waals surface area contributed by atoms with Crippen molar-refractivity contribution < 1.29 is 9.59 Å². The van der Waals surface area contributed by atoms with Gasteiger partial charge in [-0.05, 0) is 12.1 Å². The maximum atomic E-state index is 12.1. The van der Waals surface area contributed by atoms with Crippen LogP contribution in [-0.4, -0.2) is 35.3 Å². The summed E-state index contributed by atoms with van der Waals surface area (Å²) in [6.07, 6.45) is 0. The molecule has 0 bridgehead atoms. The first-order valence-electron chi connectivity index (χ1n) is 5.58. The van der Waals surface area contributed by atoms with Crippen molar-refractivity contribution >= 4 is 34.3 Å². The van der Waals surface area contributed by atoms with E-state index in [-0.39, 0.29) is 12.2 Å². The lowest BCUT2D eigenvalue weighted by atomic mass is 10.2. The molecule has 1 aromatic heterocycles. The molecule has 1 heterocycles. The van der Waals surface area contributed by atoms with Crippen LogP contribution >= 0.6 is 11.6 Å². The lowest BCUT2D eigenvalue weighted by Crippen LogP contribution is -2.35. The number of hydrogen-bond donors (Lipinski definition) is 1. The van der Waals surface area contributed by atoms with Crippen LogP contribution < -0.4 is 5.73 Å². The Kier molecular flexibility index (Phi) is 3.66. The van der Waals surface area contributed by atoms with Gasteiger partial charge in [0, 0.05) is 12.4 Å². The van der Waals surface area contributed by atoms with Crippen LogP contribution in [0.15, 0.2) is 30.3 Å². The summed E-state index contributed by atoms with van der Waals surface area (Å²) in [7, 11) is 1.48. The quantitative estimate of drug-likeness (QED) is 0.922. The van der Waals surface area contributed by atoms with Crippen molar-refractivity contribution in [2.75, 3.05) is 13.6 Å². The van der Waals surface area contributed by atoms with Crippen LogP contribution in [0.4, 0.5) is 0 Å². The molecule has 0 aliphatic carbocycles. The molecule has 0 aliphatic rings. The van der Waals surface area contributed by atoms with Gasteiger partial charge in [0.15, 0.2) is 0 Å². The molecule has 0 spiro atoms. The zero-order valence-electron chi connectivity index (χ0n) is 10.3. The molecule has 2 aromatic rings. The molecule has 19 heavy (non-hydrogen) atoms. The zero-order chi connectivity index (χ0) is 14.0. The Balaban J connectivity index is 2.40. The fourth-order valence-electron chi connectivity index (χ4n) is 1.74. The van der Waals surface area contributed by atoms with Crippen molar-refractivity contribution in [3.63, 3.8) is 0 Å². The molecule has 0 saturated carbocycles. The number of likely N-dealkylation sites (N-methyl/N-ethyl adjacent to an activating group) is 1. The second kappa shape index (κ2) is 5.24. The second-order valence-electron chi connectivity index (χ2n) is 4.13. The van der Waals surface area contributed by atoms with E-state index in [9.17, 15) is 9.59 Å². The van der Waals surface area contributed by atoms with Crippen LogP contribution in [0.5, 0.6) is 0 Å². The smallest absolute Gasteiger partial charge is 0.272 e. The molecule has 0 atom stereocenters. The number of amides is 2. The summed E-state index contributed by atoms with van der Waals surface area (Å²) in [5, 5.41) is 1.22. The number of carbonyl (C=O) groups excluding carboxylic acids is 2. The van der Waals surface area contributed by atoms with Gasteiger partial charge in [-0.2, -0.15) is 0 Å². The number of hydrogen-bond acceptors (Lipinski definition) is 3. The minimum Gasteiger partial charge on any atom is -0.368 e. The SMILES string of the molecule is CN(CC(N)=O)C(=O)c1cc(Cl)c2ccccc2n1.